The lowest BCUT2D eigenvalue weighted by molar-refractivity contribution is 0.193. The van der Waals surface area contributed by atoms with Gasteiger partial charge in [0.1, 0.15) is 5.82 Å². The van der Waals surface area contributed by atoms with Crippen LogP contribution in [0, 0.1) is 0 Å². The van der Waals surface area contributed by atoms with E-state index >= 15 is 0 Å². The fourth-order valence-electron chi connectivity index (χ4n) is 1.48. The van der Waals surface area contributed by atoms with Crippen LogP contribution in [0.5, 0.6) is 0 Å². The lowest BCUT2D eigenvalue weighted by Crippen LogP contribution is -2.04. The molecule has 2 rings (SSSR count). The van der Waals surface area contributed by atoms with Gasteiger partial charge in [0.05, 0.1) is 6.61 Å². The minimum Gasteiger partial charge on any atom is -0.381 e. The van der Waals surface area contributed by atoms with Gasteiger partial charge in [-0.15, -0.1) is 0 Å². The fraction of sp³-hybridized carbons (Fsp3) is 0.750. The van der Waals surface area contributed by atoms with Crippen molar-refractivity contribution in [2.24, 2.45) is 5.73 Å². The number of H-pyrrole nitrogens is 1. The van der Waals surface area contributed by atoms with Gasteiger partial charge in [0.15, 0.2) is 5.82 Å². The van der Waals surface area contributed by atoms with Crippen molar-refractivity contribution in [2.45, 2.75) is 18.8 Å². The Morgan fingerprint density at radius 3 is 3.23 bits per heavy atom. The number of hydrogen-bond acceptors (Lipinski definition) is 4. The summed E-state index contributed by atoms with van der Waals surface area (Å²) < 4.78 is 5.26. The van der Waals surface area contributed by atoms with Gasteiger partial charge in [0, 0.05) is 18.9 Å². The SMILES string of the molecule is NCCc1nc([C@H]2CCOC2)n[nH]1. The minimum absolute atomic E-state index is 0.378. The van der Waals surface area contributed by atoms with Gasteiger partial charge in [-0.25, -0.2) is 4.98 Å². The molecule has 2 heterocycles. The lowest BCUT2D eigenvalue weighted by Gasteiger charge is -1.98. The highest BCUT2D eigenvalue weighted by Crippen LogP contribution is 2.21. The molecule has 1 aliphatic heterocycles. The summed E-state index contributed by atoms with van der Waals surface area (Å²) >= 11 is 0. The second-order valence-corrected chi connectivity index (χ2v) is 3.24. The summed E-state index contributed by atoms with van der Waals surface area (Å²) in [4.78, 5) is 4.36. The molecule has 5 heteroatoms. The highest BCUT2D eigenvalue weighted by molar-refractivity contribution is 4.99. The van der Waals surface area contributed by atoms with Crippen LogP contribution in [0.1, 0.15) is 24.0 Å². The molecule has 0 radical (unpaired) electrons. The number of rotatable bonds is 3. The van der Waals surface area contributed by atoms with E-state index in [0.717, 1.165) is 37.7 Å². The van der Waals surface area contributed by atoms with Gasteiger partial charge in [-0.1, -0.05) is 0 Å². The quantitative estimate of drug-likeness (QED) is 0.679. The van der Waals surface area contributed by atoms with Gasteiger partial charge in [-0.3, -0.25) is 5.10 Å². The second kappa shape index (κ2) is 3.85. The van der Waals surface area contributed by atoms with E-state index < -0.39 is 0 Å². The fourth-order valence-corrected chi connectivity index (χ4v) is 1.48. The molecule has 0 bridgehead atoms. The average Bonchev–Trinajstić information content (AvgIpc) is 2.70. The van der Waals surface area contributed by atoms with Gasteiger partial charge in [0.2, 0.25) is 0 Å². The Kier molecular flexibility index (Phi) is 2.56. The zero-order valence-electron chi connectivity index (χ0n) is 7.49. The molecule has 1 atom stereocenters. The molecule has 0 aliphatic carbocycles. The normalized spacial score (nSPS) is 22.4. The highest BCUT2D eigenvalue weighted by Gasteiger charge is 2.21. The maximum atomic E-state index is 5.41. The van der Waals surface area contributed by atoms with Crippen LogP contribution in [-0.2, 0) is 11.2 Å². The van der Waals surface area contributed by atoms with Crippen LogP contribution in [0.15, 0.2) is 0 Å². The third-order valence-electron chi connectivity index (χ3n) is 2.22. The van der Waals surface area contributed by atoms with E-state index in [2.05, 4.69) is 15.2 Å². The van der Waals surface area contributed by atoms with Crippen LogP contribution in [0.2, 0.25) is 0 Å². The Bertz CT molecular complexity index is 267. The molecule has 5 nitrogen and oxygen atoms in total. The summed E-state index contributed by atoms with van der Waals surface area (Å²) in [6.07, 6.45) is 1.79. The molecule has 0 amide bonds. The summed E-state index contributed by atoms with van der Waals surface area (Å²) in [5, 5.41) is 7.03. The standard InChI is InChI=1S/C8H14N4O/c9-3-1-7-10-8(12-11-7)6-2-4-13-5-6/h6H,1-5,9H2,(H,10,11,12)/t6-/m0/s1. The van der Waals surface area contributed by atoms with Crippen LogP contribution in [0.4, 0.5) is 0 Å². The van der Waals surface area contributed by atoms with E-state index in [9.17, 15) is 0 Å². The molecular formula is C8H14N4O. The Hall–Kier alpha value is -0.940. The molecule has 1 aromatic heterocycles. The van der Waals surface area contributed by atoms with Gasteiger partial charge in [-0.2, -0.15) is 5.10 Å². The predicted octanol–water partition coefficient (Wildman–Crippen LogP) is -0.190. The summed E-state index contributed by atoms with van der Waals surface area (Å²) in [5.41, 5.74) is 5.41. The van der Waals surface area contributed by atoms with Crippen LogP contribution >= 0.6 is 0 Å². The summed E-state index contributed by atoms with van der Waals surface area (Å²) in [6, 6.07) is 0. The number of aromatic nitrogens is 3. The van der Waals surface area contributed by atoms with Crippen molar-refractivity contribution < 1.29 is 4.74 Å². The molecule has 1 fully saturated rings. The van der Waals surface area contributed by atoms with E-state index in [1.165, 1.54) is 0 Å². The Labute approximate surface area is 76.7 Å². The van der Waals surface area contributed by atoms with Gasteiger partial charge >= 0.3 is 0 Å². The minimum atomic E-state index is 0.378. The summed E-state index contributed by atoms with van der Waals surface area (Å²) in [5.74, 6) is 2.13. The monoisotopic (exact) mass is 182 g/mol. The van der Waals surface area contributed by atoms with E-state index in [0.29, 0.717) is 12.5 Å². The lowest BCUT2D eigenvalue weighted by atomic mass is 10.1. The molecule has 3 N–H and O–H groups in total. The van der Waals surface area contributed by atoms with Crippen LogP contribution in [-0.4, -0.2) is 34.9 Å². The number of nitrogens with one attached hydrogen (secondary N) is 1. The zero-order chi connectivity index (χ0) is 9.10. The maximum absolute atomic E-state index is 5.41. The van der Waals surface area contributed by atoms with E-state index in [1.54, 1.807) is 0 Å². The molecule has 0 spiro atoms. The van der Waals surface area contributed by atoms with E-state index in [4.69, 9.17) is 10.5 Å². The smallest absolute Gasteiger partial charge is 0.156 e. The van der Waals surface area contributed by atoms with E-state index in [1.807, 2.05) is 0 Å². The Morgan fingerprint density at radius 1 is 1.62 bits per heavy atom. The average molecular weight is 182 g/mol. The molecule has 0 aromatic carbocycles. The molecule has 72 valence electrons. The summed E-state index contributed by atoms with van der Waals surface area (Å²) in [7, 11) is 0. The largest absolute Gasteiger partial charge is 0.381 e. The van der Waals surface area contributed by atoms with Crippen molar-refractivity contribution in [1.29, 1.82) is 0 Å². The first-order chi connectivity index (χ1) is 6.40. The second-order valence-electron chi connectivity index (χ2n) is 3.24. The zero-order valence-corrected chi connectivity index (χ0v) is 7.49. The van der Waals surface area contributed by atoms with Crippen molar-refractivity contribution in [2.75, 3.05) is 19.8 Å². The van der Waals surface area contributed by atoms with Crippen molar-refractivity contribution in [1.82, 2.24) is 15.2 Å². The highest BCUT2D eigenvalue weighted by atomic mass is 16.5. The third kappa shape index (κ3) is 1.87. The van der Waals surface area contributed by atoms with Crippen molar-refractivity contribution in [3.05, 3.63) is 11.6 Å². The van der Waals surface area contributed by atoms with Gasteiger partial charge in [-0.05, 0) is 13.0 Å². The molecule has 13 heavy (non-hydrogen) atoms. The molecule has 1 aliphatic rings. The molecule has 1 saturated heterocycles. The van der Waals surface area contributed by atoms with Crippen molar-refractivity contribution in [3.8, 4) is 0 Å². The number of nitrogens with zero attached hydrogens (tertiary/aromatic N) is 2. The first-order valence-corrected chi connectivity index (χ1v) is 4.59. The van der Waals surface area contributed by atoms with Crippen LogP contribution in [0.25, 0.3) is 0 Å². The maximum Gasteiger partial charge on any atom is 0.156 e. The number of nitrogens with two attached hydrogens (primary N) is 1. The van der Waals surface area contributed by atoms with Crippen molar-refractivity contribution >= 4 is 0 Å². The Balaban J connectivity index is 2.03. The third-order valence-corrected chi connectivity index (χ3v) is 2.22. The molecular weight excluding hydrogens is 168 g/mol. The Morgan fingerprint density at radius 2 is 2.54 bits per heavy atom. The van der Waals surface area contributed by atoms with E-state index in [-0.39, 0.29) is 0 Å². The number of hydrogen-bond donors (Lipinski definition) is 2. The summed E-state index contributed by atoms with van der Waals surface area (Å²) in [6.45, 7) is 2.18. The van der Waals surface area contributed by atoms with Crippen molar-refractivity contribution in [3.63, 3.8) is 0 Å². The first-order valence-electron chi connectivity index (χ1n) is 4.59. The topological polar surface area (TPSA) is 76.8 Å². The predicted molar refractivity (Wildman–Crippen MR) is 47.3 cm³/mol. The molecule has 0 unspecified atom stereocenters. The van der Waals surface area contributed by atoms with Gasteiger partial charge < -0.3 is 10.5 Å². The number of aromatic amines is 1. The van der Waals surface area contributed by atoms with Crippen LogP contribution in [0.3, 0.4) is 0 Å². The molecule has 1 aromatic rings. The number of ether oxygens (including phenoxy) is 1. The first kappa shape index (κ1) is 8.65. The van der Waals surface area contributed by atoms with Crippen LogP contribution < -0.4 is 5.73 Å². The molecule has 0 saturated carbocycles. The van der Waals surface area contributed by atoms with Gasteiger partial charge in [0.25, 0.3) is 0 Å².